The second kappa shape index (κ2) is 3.73. The Bertz CT molecular complexity index is 145. The molecule has 0 bridgehead atoms. The van der Waals surface area contributed by atoms with Gasteiger partial charge in [0.15, 0.2) is 0 Å². The van der Waals surface area contributed by atoms with E-state index in [1.807, 2.05) is 0 Å². The average Bonchev–Trinajstić information content (AvgIpc) is 2.80. The van der Waals surface area contributed by atoms with Crippen molar-refractivity contribution >= 4 is 0 Å². The van der Waals surface area contributed by atoms with Gasteiger partial charge in [-0.05, 0) is 19.3 Å². The van der Waals surface area contributed by atoms with Gasteiger partial charge in [-0.2, -0.15) is 0 Å². The lowest BCUT2D eigenvalue weighted by molar-refractivity contribution is 0.0383. The largest absolute Gasteiger partial charge is 0.377 e. The van der Waals surface area contributed by atoms with Crippen LogP contribution >= 0.6 is 0 Å². The Balaban J connectivity index is 1.53. The molecule has 0 amide bonds. The van der Waals surface area contributed by atoms with Gasteiger partial charge in [-0.3, -0.25) is 4.90 Å². The number of hydrogen-bond donors (Lipinski definition) is 1. The van der Waals surface area contributed by atoms with Crippen molar-refractivity contribution in [2.75, 3.05) is 26.2 Å². The quantitative estimate of drug-likeness (QED) is 0.640. The highest BCUT2D eigenvalue weighted by atomic mass is 16.5. The second-order valence-corrected chi connectivity index (χ2v) is 3.78. The number of nitrogens with zero attached hydrogens (tertiary/aromatic N) is 1. The number of nitrogens with two attached hydrogens (primary N) is 1. The van der Waals surface area contributed by atoms with Crippen molar-refractivity contribution in [1.82, 2.24) is 4.90 Å². The summed E-state index contributed by atoms with van der Waals surface area (Å²) in [6.07, 6.45) is 4.43. The molecule has 0 aromatic carbocycles. The summed E-state index contributed by atoms with van der Waals surface area (Å²) in [6, 6.07) is 0.646. The molecule has 3 nitrogen and oxygen atoms in total. The second-order valence-electron chi connectivity index (χ2n) is 3.78. The summed E-state index contributed by atoms with van der Waals surface area (Å²) in [4.78, 5) is 2.42. The standard InChI is InChI=1S/C9H18N2O/c10-7-8-3-4-11(8)5-6-12-9-1-2-9/h8-9H,1-7,10H2. The van der Waals surface area contributed by atoms with Crippen LogP contribution in [0.15, 0.2) is 0 Å². The zero-order valence-corrected chi connectivity index (χ0v) is 7.54. The van der Waals surface area contributed by atoms with Gasteiger partial charge in [0.1, 0.15) is 0 Å². The summed E-state index contributed by atoms with van der Waals surface area (Å²) in [5.74, 6) is 0. The third-order valence-corrected chi connectivity index (χ3v) is 2.79. The summed E-state index contributed by atoms with van der Waals surface area (Å²) in [5.41, 5.74) is 5.59. The van der Waals surface area contributed by atoms with Crippen LogP contribution in [0, 0.1) is 0 Å². The number of rotatable bonds is 5. The van der Waals surface area contributed by atoms with Crippen molar-refractivity contribution in [2.45, 2.75) is 31.4 Å². The molecular formula is C9H18N2O. The zero-order valence-electron chi connectivity index (χ0n) is 7.54. The Labute approximate surface area is 73.9 Å². The van der Waals surface area contributed by atoms with E-state index in [4.69, 9.17) is 10.5 Å². The van der Waals surface area contributed by atoms with E-state index >= 15 is 0 Å². The van der Waals surface area contributed by atoms with Crippen LogP contribution in [0.2, 0.25) is 0 Å². The Morgan fingerprint density at radius 2 is 2.17 bits per heavy atom. The zero-order chi connectivity index (χ0) is 8.39. The van der Waals surface area contributed by atoms with E-state index in [-0.39, 0.29) is 0 Å². The van der Waals surface area contributed by atoms with Gasteiger partial charge in [-0.15, -0.1) is 0 Å². The number of hydrogen-bond acceptors (Lipinski definition) is 3. The highest BCUT2D eigenvalue weighted by Gasteiger charge is 2.27. The van der Waals surface area contributed by atoms with E-state index < -0.39 is 0 Å². The third kappa shape index (κ3) is 1.97. The van der Waals surface area contributed by atoms with Crippen LogP contribution < -0.4 is 5.73 Å². The highest BCUT2D eigenvalue weighted by Crippen LogP contribution is 2.23. The number of ether oxygens (including phenoxy) is 1. The van der Waals surface area contributed by atoms with Gasteiger partial charge in [0.05, 0.1) is 12.7 Å². The maximum absolute atomic E-state index is 5.59. The van der Waals surface area contributed by atoms with E-state index in [2.05, 4.69) is 4.90 Å². The van der Waals surface area contributed by atoms with Gasteiger partial charge in [-0.25, -0.2) is 0 Å². The molecule has 1 atom stereocenters. The van der Waals surface area contributed by atoms with Gasteiger partial charge >= 0.3 is 0 Å². The van der Waals surface area contributed by atoms with Crippen molar-refractivity contribution < 1.29 is 4.74 Å². The maximum atomic E-state index is 5.59. The molecule has 1 saturated carbocycles. The van der Waals surface area contributed by atoms with Crippen LogP contribution in [0.25, 0.3) is 0 Å². The van der Waals surface area contributed by atoms with Gasteiger partial charge in [0, 0.05) is 25.7 Å². The summed E-state index contributed by atoms with van der Waals surface area (Å²) in [6.45, 7) is 4.01. The molecular weight excluding hydrogens is 152 g/mol. The summed E-state index contributed by atoms with van der Waals surface area (Å²) in [7, 11) is 0. The first-order chi connectivity index (χ1) is 5.90. The molecule has 3 heteroatoms. The lowest BCUT2D eigenvalue weighted by Crippen LogP contribution is -2.52. The van der Waals surface area contributed by atoms with Crippen molar-refractivity contribution in [3.05, 3.63) is 0 Å². The lowest BCUT2D eigenvalue weighted by atomic mass is 10.0. The molecule has 0 spiro atoms. The molecule has 2 N–H and O–H groups in total. The summed E-state index contributed by atoms with van der Waals surface area (Å²) >= 11 is 0. The Hall–Kier alpha value is -0.120. The minimum absolute atomic E-state index is 0.600. The molecule has 1 aliphatic carbocycles. The van der Waals surface area contributed by atoms with Crippen LogP contribution in [0.4, 0.5) is 0 Å². The Morgan fingerprint density at radius 3 is 2.67 bits per heavy atom. The molecule has 1 saturated heterocycles. The molecule has 1 unspecified atom stereocenters. The van der Waals surface area contributed by atoms with Gasteiger partial charge in [0.2, 0.25) is 0 Å². The van der Waals surface area contributed by atoms with Crippen molar-refractivity contribution in [3.8, 4) is 0 Å². The van der Waals surface area contributed by atoms with E-state index in [9.17, 15) is 0 Å². The fourth-order valence-electron chi connectivity index (χ4n) is 1.63. The molecule has 0 aromatic rings. The maximum Gasteiger partial charge on any atom is 0.0597 e. The Morgan fingerprint density at radius 1 is 1.33 bits per heavy atom. The first-order valence-electron chi connectivity index (χ1n) is 4.96. The van der Waals surface area contributed by atoms with E-state index in [1.165, 1.54) is 25.8 Å². The van der Waals surface area contributed by atoms with Crippen molar-refractivity contribution in [1.29, 1.82) is 0 Å². The molecule has 70 valence electrons. The highest BCUT2D eigenvalue weighted by molar-refractivity contribution is 4.83. The minimum atomic E-state index is 0.600. The SMILES string of the molecule is NCC1CCN1CCOC1CC1. The molecule has 1 aliphatic heterocycles. The van der Waals surface area contributed by atoms with Gasteiger partial charge < -0.3 is 10.5 Å². The monoisotopic (exact) mass is 170 g/mol. The topological polar surface area (TPSA) is 38.5 Å². The fourth-order valence-corrected chi connectivity index (χ4v) is 1.63. The minimum Gasteiger partial charge on any atom is -0.377 e. The van der Waals surface area contributed by atoms with Crippen LogP contribution in [0.3, 0.4) is 0 Å². The lowest BCUT2D eigenvalue weighted by Gasteiger charge is -2.40. The average molecular weight is 170 g/mol. The van der Waals surface area contributed by atoms with Gasteiger partial charge in [-0.1, -0.05) is 0 Å². The van der Waals surface area contributed by atoms with Crippen molar-refractivity contribution in [2.24, 2.45) is 5.73 Å². The van der Waals surface area contributed by atoms with Gasteiger partial charge in [0.25, 0.3) is 0 Å². The van der Waals surface area contributed by atoms with E-state index in [0.29, 0.717) is 12.1 Å². The molecule has 2 fully saturated rings. The predicted octanol–water partition coefficient (Wildman–Crippen LogP) is 0.198. The number of likely N-dealkylation sites (tertiary alicyclic amines) is 1. The molecule has 0 radical (unpaired) electrons. The van der Waals surface area contributed by atoms with Crippen LogP contribution in [-0.2, 0) is 4.74 Å². The van der Waals surface area contributed by atoms with Crippen LogP contribution in [-0.4, -0.2) is 43.3 Å². The molecule has 2 aliphatic rings. The third-order valence-electron chi connectivity index (χ3n) is 2.79. The summed E-state index contributed by atoms with van der Waals surface area (Å²) in [5, 5.41) is 0. The smallest absolute Gasteiger partial charge is 0.0597 e. The van der Waals surface area contributed by atoms with Crippen molar-refractivity contribution in [3.63, 3.8) is 0 Å². The normalized spacial score (nSPS) is 30.2. The molecule has 2 rings (SSSR count). The molecule has 12 heavy (non-hydrogen) atoms. The first kappa shape index (κ1) is 8.48. The molecule has 0 aromatic heterocycles. The van der Waals surface area contributed by atoms with Crippen LogP contribution in [0.5, 0.6) is 0 Å². The van der Waals surface area contributed by atoms with E-state index in [1.54, 1.807) is 0 Å². The predicted molar refractivity (Wildman–Crippen MR) is 48.0 cm³/mol. The van der Waals surface area contributed by atoms with Crippen LogP contribution in [0.1, 0.15) is 19.3 Å². The Kier molecular flexibility index (Phi) is 2.63. The fraction of sp³-hybridized carbons (Fsp3) is 1.00. The summed E-state index contributed by atoms with van der Waals surface area (Å²) < 4.78 is 5.57. The van der Waals surface area contributed by atoms with E-state index in [0.717, 1.165) is 19.7 Å². The molecule has 1 heterocycles. The first-order valence-corrected chi connectivity index (χ1v) is 4.96.